The van der Waals surface area contributed by atoms with E-state index in [1.807, 2.05) is 0 Å². The number of fused-ring (bicyclic) bond motifs is 2. The summed E-state index contributed by atoms with van der Waals surface area (Å²) in [6.45, 7) is 6.86. The van der Waals surface area contributed by atoms with Crippen LogP contribution in [-0.4, -0.2) is 31.1 Å². The summed E-state index contributed by atoms with van der Waals surface area (Å²) in [7, 11) is 0. The second-order valence-corrected chi connectivity index (χ2v) is 5.75. The third kappa shape index (κ3) is 2.15. The first-order chi connectivity index (χ1) is 8.38. The van der Waals surface area contributed by atoms with Crippen LogP contribution in [0.25, 0.3) is 0 Å². The first-order valence-electron chi connectivity index (χ1n) is 7.19. The fraction of sp³-hybridized carbons (Fsp3) is 0.733. The monoisotopic (exact) mass is 232 g/mol. The van der Waals surface area contributed by atoms with E-state index in [1.165, 1.54) is 44.3 Å². The first-order valence-corrected chi connectivity index (χ1v) is 7.19. The Morgan fingerprint density at radius 3 is 3.06 bits per heavy atom. The molecule has 1 saturated heterocycles. The molecule has 2 nitrogen and oxygen atoms in total. The van der Waals surface area contributed by atoms with Gasteiger partial charge in [-0.15, -0.1) is 0 Å². The van der Waals surface area contributed by atoms with E-state index in [4.69, 9.17) is 0 Å². The zero-order chi connectivity index (χ0) is 11.7. The van der Waals surface area contributed by atoms with E-state index < -0.39 is 0 Å². The molecular formula is C15H24N2. The highest BCUT2D eigenvalue weighted by Crippen LogP contribution is 2.42. The Hall–Kier alpha value is -0.760. The van der Waals surface area contributed by atoms with Crippen LogP contribution in [0, 0.1) is 11.8 Å². The summed E-state index contributed by atoms with van der Waals surface area (Å²) < 4.78 is 0. The quantitative estimate of drug-likeness (QED) is 0.747. The molecule has 0 bridgehead atoms. The van der Waals surface area contributed by atoms with Crippen molar-refractivity contribution in [1.82, 2.24) is 10.2 Å². The van der Waals surface area contributed by atoms with Crippen molar-refractivity contribution in [3.8, 4) is 0 Å². The molecule has 1 aliphatic carbocycles. The van der Waals surface area contributed by atoms with Gasteiger partial charge < -0.3 is 10.2 Å². The van der Waals surface area contributed by atoms with Gasteiger partial charge in [0.1, 0.15) is 0 Å². The number of rotatable bonds is 1. The molecular weight excluding hydrogens is 208 g/mol. The Labute approximate surface area is 105 Å². The minimum absolute atomic E-state index is 0.986. The molecule has 2 aliphatic heterocycles. The molecule has 0 aromatic heterocycles. The van der Waals surface area contributed by atoms with Gasteiger partial charge in [-0.1, -0.05) is 18.6 Å². The van der Waals surface area contributed by atoms with Crippen molar-refractivity contribution in [1.29, 1.82) is 0 Å². The van der Waals surface area contributed by atoms with E-state index in [2.05, 4.69) is 29.3 Å². The third-order valence-electron chi connectivity index (χ3n) is 4.72. The average Bonchev–Trinajstić information content (AvgIpc) is 2.70. The van der Waals surface area contributed by atoms with Gasteiger partial charge in [0.05, 0.1) is 0 Å². The van der Waals surface area contributed by atoms with Crippen LogP contribution < -0.4 is 5.32 Å². The lowest BCUT2D eigenvalue weighted by Gasteiger charge is -2.39. The third-order valence-corrected chi connectivity index (χ3v) is 4.72. The largest absolute Gasteiger partial charge is 0.373 e. The zero-order valence-electron chi connectivity index (χ0n) is 10.9. The van der Waals surface area contributed by atoms with Crippen LogP contribution in [0.2, 0.25) is 0 Å². The van der Waals surface area contributed by atoms with Gasteiger partial charge in [0, 0.05) is 31.9 Å². The number of hydrogen-bond donors (Lipinski definition) is 1. The maximum Gasteiger partial charge on any atom is 0.0300 e. The summed E-state index contributed by atoms with van der Waals surface area (Å²) >= 11 is 0. The molecule has 2 fully saturated rings. The lowest BCUT2D eigenvalue weighted by molar-refractivity contribution is 0.189. The van der Waals surface area contributed by atoms with Crippen molar-refractivity contribution in [2.24, 2.45) is 11.8 Å². The first kappa shape index (κ1) is 11.3. The van der Waals surface area contributed by atoms with E-state index in [9.17, 15) is 0 Å². The summed E-state index contributed by atoms with van der Waals surface area (Å²) in [6.07, 6.45) is 10.3. The highest BCUT2D eigenvalue weighted by molar-refractivity contribution is 5.29. The maximum atomic E-state index is 3.55. The highest BCUT2D eigenvalue weighted by Gasteiger charge is 2.36. The number of hydrogen-bond acceptors (Lipinski definition) is 2. The van der Waals surface area contributed by atoms with Gasteiger partial charge in [-0.05, 0) is 43.6 Å². The molecule has 2 heterocycles. The number of nitrogens with one attached hydrogen (secondary N) is 1. The minimum Gasteiger partial charge on any atom is -0.373 e. The Kier molecular flexibility index (Phi) is 3.24. The Bertz CT molecular complexity index is 343. The molecule has 1 N–H and O–H groups in total. The van der Waals surface area contributed by atoms with Gasteiger partial charge in [-0.25, -0.2) is 0 Å². The molecule has 0 amide bonds. The SMILES string of the molecule is C/C=C\C1=C2C[C@H]3CCC[C@H]3CN2CCNC1. The van der Waals surface area contributed by atoms with Crippen LogP contribution in [0.4, 0.5) is 0 Å². The molecule has 2 heteroatoms. The predicted octanol–water partition coefficient (Wildman–Crippen LogP) is 2.54. The van der Waals surface area contributed by atoms with Crippen molar-refractivity contribution in [2.45, 2.75) is 32.6 Å². The number of piperidine rings is 1. The van der Waals surface area contributed by atoms with E-state index in [0.29, 0.717) is 0 Å². The molecule has 2 atom stereocenters. The molecule has 0 aromatic carbocycles. The van der Waals surface area contributed by atoms with E-state index >= 15 is 0 Å². The minimum atomic E-state index is 0.986. The van der Waals surface area contributed by atoms with Gasteiger partial charge in [0.25, 0.3) is 0 Å². The summed E-state index contributed by atoms with van der Waals surface area (Å²) in [6, 6.07) is 0. The second kappa shape index (κ2) is 4.85. The predicted molar refractivity (Wildman–Crippen MR) is 71.7 cm³/mol. The summed E-state index contributed by atoms with van der Waals surface area (Å²) in [5.74, 6) is 1.98. The van der Waals surface area contributed by atoms with E-state index in [0.717, 1.165) is 24.9 Å². The Morgan fingerprint density at radius 2 is 2.18 bits per heavy atom. The Morgan fingerprint density at radius 1 is 1.29 bits per heavy atom. The smallest absolute Gasteiger partial charge is 0.0300 e. The molecule has 0 unspecified atom stereocenters. The van der Waals surface area contributed by atoms with Crippen molar-refractivity contribution >= 4 is 0 Å². The summed E-state index contributed by atoms with van der Waals surface area (Å²) in [5, 5.41) is 3.55. The molecule has 1 saturated carbocycles. The van der Waals surface area contributed by atoms with Crippen LogP contribution in [-0.2, 0) is 0 Å². The van der Waals surface area contributed by atoms with Crippen molar-refractivity contribution < 1.29 is 0 Å². The Balaban J connectivity index is 1.88. The standard InChI is InChI=1S/C15H24N2/c1-2-4-13-10-16-7-8-17-11-14-6-3-5-12(14)9-15(13)17/h2,4,12,14,16H,3,5-11H2,1H3/b4-2-/t12-,14+/m1/s1. The lowest BCUT2D eigenvalue weighted by Crippen LogP contribution is -2.38. The van der Waals surface area contributed by atoms with Crippen LogP contribution in [0.5, 0.6) is 0 Å². The summed E-state index contributed by atoms with van der Waals surface area (Å²) in [5.41, 5.74) is 3.19. The average molecular weight is 232 g/mol. The molecule has 0 radical (unpaired) electrons. The van der Waals surface area contributed by atoms with E-state index in [-0.39, 0.29) is 0 Å². The molecule has 17 heavy (non-hydrogen) atoms. The molecule has 0 spiro atoms. The van der Waals surface area contributed by atoms with Crippen LogP contribution in [0.3, 0.4) is 0 Å². The van der Waals surface area contributed by atoms with Crippen LogP contribution in [0.15, 0.2) is 23.4 Å². The van der Waals surface area contributed by atoms with Gasteiger partial charge in [-0.2, -0.15) is 0 Å². The van der Waals surface area contributed by atoms with Crippen molar-refractivity contribution in [3.63, 3.8) is 0 Å². The van der Waals surface area contributed by atoms with Gasteiger partial charge >= 0.3 is 0 Å². The fourth-order valence-corrected chi connectivity index (χ4v) is 3.85. The number of nitrogens with zero attached hydrogens (tertiary/aromatic N) is 1. The zero-order valence-corrected chi connectivity index (χ0v) is 10.9. The summed E-state index contributed by atoms with van der Waals surface area (Å²) in [4.78, 5) is 2.67. The van der Waals surface area contributed by atoms with Gasteiger partial charge in [0.2, 0.25) is 0 Å². The number of allylic oxidation sites excluding steroid dienone is 2. The fourth-order valence-electron chi connectivity index (χ4n) is 3.85. The highest BCUT2D eigenvalue weighted by atomic mass is 15.2. The molecule has 3 aliphatic rings. The lowest BCUT2D eigenvalue weighted by atomic mass is 9.85. The molecule has 3 rings (SSSR count). The van der Waals surface area contributed by atoms with E-state index in [1.54, 1.807) is 5.70 Å². The van der Waals surface area contributed by atoms with Crippen molar-refractivity contribution in [2.75, 3.05) is 26.2 Å². The van der Waals surface area contributed by atoms with Crippen LogP contribution >= 0.6 is 0 Å². The molecule has 0 aromatic rings. The molecule has 94 valence electrons. The van der Waals surface area contributed by atoms with Gasteiger partial charge in [0.15, 0.2) is 0 Å². The topological polar surface area (TPSA) is 15.3 Å². The van der Waals surface area contributed by atoms with Gasteiger partial charge in [-0.3, -0.25) is 0 Å². The normalized spacial score (nSPS) is 33.8. The van der Waals surface area contributed by atoms with Crippen LogP contribution in [0.1, 0.15) is 32.6 Å². The van der Waals surface area contributed by atoms with Crippen molar-refractivity contribution in [3.05, 3.63) is 23.4 Å². The second-order valence-electron chi connectivity index (χ2n) is 5.75. The maximum absolute atomic E-state index is 3.55.